The fourth-order valence-electron chi connectivity index (χ4n) is 2.55. The van der Waals surface area contributed by atoms with Crippen molar-refractivity contribution in [1.82, 2.24) is 15.8 Å². The normalized spacial score (nSPS) is 10.4. The average Bonchev–Trinajstić information content (AvgIpc) is 3.20. The number of thiazole rings is 1. The number of ether oxygens (including phenoxy) is 2. The molecule has 0 bridgehead atoms. The highest BCUT2D eigenvalue weighted by Crippen LogP contribution is 2.22. The van der Waals surface area contributed by atoms with Crippen LogP contribution in [-0.2, 0) is 11.4 Å². The number of hydrogen-bond donors (Lipinski definition) is 2. The molecule has 0 aliphatic heterocycles. The summed E-state index contributed by atoms with van der Waals surface area (Å²) >= 11 is 1.24. The Morgan fingerprint density at radius 2 is 1.73 bits per heavy atom. The van der Waals surface area contributed by atoms with Crippen molar-refractivity contribution < 1.29 is 23.5 Å². The minimum Gasteiger partial charge on any atom is -0.486 e. The van der Waals surface area contributed by atoms with Gasteiger partial charge in [-0.3, -0.25) is 20.4 Å². The summed E-state index contributed by atoms with van der Waals surface area (Å²) in [6.07, 6.45) is 0. The van der Waals surface area contributed by atoms with Crippen molar-refractivity contribution in [2.24, 2.45) is 0 Å². The minimum absolute atomic E-state index is 0.138. The van der Waals surface area contributed by atoms with E-state index in [1.54, 1.807) is 5.38 Å². The number of hydrazine groups is 1. The number of benzene rings is 2. The molecule has 0 radical (unpaired) electrons. The smallest absolute Gasteiger partial charge is 0.289 e. The number of aromatic nitrogens is 1. The van der Waals surface area contributed by atoms with Gasteiger partial charge < -0.3 is 9.47 Å². The van der Waals surface area contributed by atoms with Gasteiger partial charge in [0.15, 0.2) is 6.61 Å². The molecule has 0 saturated carbocycles. The third-order valence-electron chi connectivity index (χ3n) is 4.03. The van der Waals surface area contributed by atoms with Gasteiger partial charge in [0.25, 0.3) is 11.8 Å². The minimum atomic E-state index is -0.556. The predicted octanol–water partition coefficient (Wildman–Crippen LogP) is 3.32. The summed E-state index contributed by atoms with van der Waals surface area (Å²) in [5, 5.41) is 2.12. The second kappa shape index (κ2) is 9.84. The number of halogens is 1. The van der Waals surface area contributed by atoms with Crippen LogP contribution in [0.15, 0.2) is 47.8 Å². The fraction of sp³-hybridized carbons (Fsp3) is 0.190. The Morgan fingerprint density at radius 3 is 2.43 bits per heavy atom. The van der Waals surface area contributed by atoms with Crippen molar-refractivity contribution in [2.45, 2.75) is 20.5 Å². The molecule has 0 saturated heterocycles. The van der Waals surface area contributed by atoms with Gasteiger partial charge in [0.05, 0.1) is 0 Å². The molecule has 156 valence electrons. The molecule has 0 aliphatic rings. The summed E-state index contributed by atoms with van der Waals surface area (Å²) < 4.78 is 23.9. The number of hydrogen-bond acceptors (Lipinski definition) is 6. The van der Waals surface area contributed by atoms with Crippen LogP contribution in [0.2, 0.25) is 0 Å². The van der Waals surface area contributed by atoms with Gasteiger partial charge in [-0.05, 0) is 49.2 Å². The summed E-state index contributed by atoms with van der Waals surface area (Å²) in [6, 6.07) is 11.3. The number of nitrogens with one attached hydrogen (secondary N) is 2. The third kappa shape index (κ3) is 5.77. The Morgan fingerprint density at radius 1 is 1.03 bits per heavy atom. The summed E-state index contributed by atoms with van der Waals surface area (Å²) in [4.78, 5) is 28.3. The predicted molar refractivity (Wildman–Crippen MR) is 110 cm³/mol. The second-order valence-electron chi connectivity index (χ2n) is 6.38. The van der Waals surface area contributed by atoms with Crippen LogP contribution in [0, 0.1) is 19.7 Å². The van der Waals surface area contributed by atoms with Crippen molar-refractivity contribution in [2.75, 3.05) is 6.61 Å². The first-order valence-corrected chi connectivity index (χ1v) is 9.91. The van der Waals surface area contributed by atoms with Crippen LogP contribution in [0.1, 0.15) is 26.6 Å². The van der Waals surface area contributed by atoms with Crippen molar-refractivity contribution in [1.29, 1.82) is 0 Å². The van der Waals surface area contributed by atoms with Crippen LogP contribution >= 0.6 is 11.3 Å². The van der Waals surface area contributed by atoms with E-state index in [-0.39, 0.29) is 24.7 Å². The number of carbonyl (C=O) groups excluding carboxylic acids is 2. The van der Waals surface area contributed by atoms with E-state index in [1.165, 1.54) is 35.6 Å². The zero-order valence-electron chi connectivity index (χ0n) is 16.4. The lowest BCUT2D eigenvalue weighted by molar-refractivity contribution is -0.123. The summed E-state index contributed by atoms with van der Waals surface area (Å²) in [7, 11) is 0. The molecule has 3 rings (SSSR count). The number of para-hydroxylation sites is 1. The first kappa shape index (κ1) is 21.3. The molecule has 1 heterocycles. The first-order chi connectivity index (χ1) is 14.4. The lowest BCUT2D eigenvalue weighted by atomic mass is 10.1. The molecule has 30 heavy (non-hydrogen) atoms. The maximum atomic E-state index is 12.9. The van der Waals surface area contributed by atoms with Gasteiger partial charge in [0, 0.05) is 5.38 Å². The molecule has 2 aromatic carbocycles. The van der Waals surface area contributed by atoms with Crippen LogP contribution in [-0.4, -0.2) is 23.4 Å². The maximum absolute atomic E-state index is 12.9. The van der Waals surface area contributed by atoms with Gasteiger partial charge in [0.1, 0.15) is 34.6 Å². The average molecular weight is 429 g/mol. The second-order valence-corrected chi connectivity index (χ2v) is 7.32. The van der Waals surface area contributed by atoms with Crippen LogP contribution < -0.4 is 20.3 Å². The Balaban J connectivity index is 1.44. The largest absolute Gasteiger partial charge is 0.486 e. The summed E-state index contributed by atoms with van der Waals surface area (Å²) in [5.41, 5.74) is 6.59. The van der Waals surface area contributed by atoms with Gasteiger partial charge >= 0.3 is 0 Å². The van der Waals surface area contributed by atoms with Crippen LogP contribution in [0.4, 0.5) is 4.39 Å². The monoisotopic (exact) mass is 429 g/mol. The topological polar surface area (TPSA) is 89.6 Å². The molecule has 9 heteroatoms. The van der Waals surface area contributed by atoms with Crippen molar-refractivity contribution in [3.63, 3.8) is 0 Å². The van der Waals surface area contributed by atoms with Gasteiger partial charge in [0.2, 0.25) is 0 Å². The number of carbonyl (C=O) groups is 2. The molecule has 0 unspecified atom stereocenters. The fourth-order valence-corrected chi connectivity index (χ4v) is 3.23. The summed E-state index contributed by atoms with van der Waals surface area (Å²) in [6.45, 7) is 3.68. The van der Waals surface area contributed by atoms with Crippen LogP contribution in [0.3, 0.4) is 0 Å². The highest BCUT2D eigenvalue weighted by molar-refractivity contribution is 7.09. The number of rotatable bonds is 7. The van der Waals surface area contributed by atoms with Gasteiger partial charge in [-0.1, -0.05) is 18.2 Å². The Labute approximate surface area is 176 Å². The zero-order chi connectivity index (χ0) is 21.5. The summed E-state index contributed by atoms with van der Waals surface area (Å²) in [5.74, 6) is -0.268. The van der Waals surface area contributed by atoms with E-state index in [9.17, 15) is 14.0 Å². The number of nitrogens with zero attached hydrogens (tertiary/aromatic N) is 1. The van der Waals surface area contributed by atoms with E-state index < -0.39 is 11.8 Å². The molecule has 0 aliphatic carbocycles. The van der Waals surface area contributed by atoms with E-state index >= 15 is 0 Å². The SMILES string of the molecule is Cc1cccc(C)c1OCC(=O)NNC(=O)c1csc(COc2ccc(F)cc2)n1. The standard InChI is InChI=1S/C21H20FN3O4S/c1-13-4-3-5-14(2)20(13)29-10-18(26)24-25-21(27)17-12-30-19(23-17)11-28-16-8-6-15(22)7-9-16/h3-9,12H,10-11H2,1-2H3,(H,24,26)(H,25,27). The molecule has 0 spiro atoms. The van der Waals surface area contributed by atoms with Crippen LogP contribution in [0.25, 0.3) is 0 Å². The molecule has 1 aromatic heterocycles. The van der Waals surface area contributed by atoms with Crippen molar-refractivity contribution in [3.05, 3.63) is 75.5 Å². The van der Waals surface area contributed by atoms with E-state index in [0.29, 0.717) is 16.5 Å². The van der Waals surface area contributed by atoms with E-state index in [4.69, 9.17) is 9.47 Å². The molecule has 7 nitrogen and oxygen atoms in total. The van der Waals surface area contributed by atoms with Gasteiger partial charge in [-0.25, -0.2) is 9.37 Å². The highest BCUT2D eigenvalue weighted by atomic mass is 32.1. The van der Waals surface area contributed by atoms with Gasteiger partial charge in [-0.2, -0.15) is 0 Å². The molecule has 3 aromatic rings. The molecular formula is C21H20FN3O4S. The molecule has 0 atom stereocenters. The first-order valence-electron chi connectivity index (χ1n) is 9.03. The Hall–Kier alpha value is -3.46. The third-order valence-corrected chi connectivity index (χ3v) is 4.85. The van der Waals surface area contributed by atoms with E-state index in [0.717, 1.165) is 11.1 Å². The molecule has 0 fully saturated rings. The highest BCUT2D eigenvalue weighted by Gasteiger charge is 2.13. The van der Waals surface area contributed by atoms with Gasteiger partial charge in [-0.15, -0.1) is 11.3 Å². The molecule has 2 amide bonds. The zero-order valence-corrected chi connectivity index (χ0v) is 17.2. The van der Waals surface area contributed by atoms with E-state index in [2.05, 4.69) is 15.8 Å². The van der Waals surface area contributed by atoms with Crippen LogP contribution in [0.5, 0.6) is 11.5 Å². The van der Waals surface area contributed by atoms with Crippen molar-refractivity contribution in [3.8, 4) is 11.5 Å². The lowest BCUT2D eigenvalue weighted by Crippen LogP contribution is -2.44. The molecule has 2 N–H and O–H groups in total. The Kier molecular flexibility index (Phi) is 6.97. The number of amides is 2. The van der Waals surface area contributed by atoms with E-state index in [1.807, 2.05) is 32.0 Å². The lowest BCUT2D eigenvalue weighted by Gasteiger charge is -2.12. The van der Waals surface area contributed by atoms with Crippen molar-refractivity contribution >= 4 is 23.2 Å². The number of aryl methyl sites for hydroxylation is 2. The quantitative estimate of drug-likeness (QED) is 0.563. The molecular weight excluding hydrogens is 409 g/mol. The Bertz CT molecular complexity index is 1020. The maximum Gasteiger partial charge on any atom is 0.289 e.